The summed E-state index contributed by atoms with van der Waals surface area (Å²) in [6.07, 6.45) is 2.17. The summed E-state index contributed by atoms with van der Waals surface area (Å²) in [7, 11) is -3.16. The predicted octanol–water partition coefficient (Wildman–Crippen LogP) is 4.62. The third-order valence-corrected chi connectivity index (χ3v) is 7.75. The molecule has 0 saturated heterocycles. The molecule has 26 heavy (non-hydrogen) atoms. The van der Waals surface area contributed by atoms with Gasteiger partial charge < -0.3 is 0 Å². The molecule has 0 saturated carbocycles. The molecular weight excluding hydrogens is 347 g/mol. The summed E-state index contributed by atoms with van der Waals surface area (Å²) >= 11 is 0. The van der Waals surface area contributed by atoms with Crippen molar-refractivity contribution in [1.29, 1.82) is 0 Å². The minimum Gasteiger partial charge on any atom is -0.247 e. The molecule has 3 rings (SSSR count). The molecular formula is C22H27FO2S. The van der Waals surface area contributed by atoms with Gasteiger partial charge in [-0.25, -0.2) is 12.8 Å². The summed E-state index contributed by atoms with van der Waals surface area (Å²) < 4.78 is 37.4. The second-order valence-corrected chi connectivity index (χ2v) is 11.0. The van der Waals surface area contributed by atoms with E-state index in [0.29, 0.717) is 12.8 Å². The highest BCUT2D eigenvalue weighted by Gasteiger charge is 2.28. The maximum Gasteiger partial charge on any atom is 0.159 e. The van der Waals surface area contributed by atoms with Crippen LogP contribution in [0.25, 0.3) is 0 Å². The molecule has 0 amide bonds. The molecule has 2 aromatic carbocycles. The highest BCUT2D eigenvalue weighted by atomic mass is 32.2. The van der Waals surface area contributed by atoms with Crippen LogP contribution in [0.4, 0.5) is 4.39 Å². The van der Waals surface area contributed by atoms with Crippen LogP contribution in [-0.4, -0.2) is 19.3 Å². The van der Waals surface area contributed by atoms with E-state index in [0.717, 1.165) is 29.5 Å². The molecule has 2 nitrogen and oxygen atoms in total. The normalized spacial score (nSPS) is 17.3. The van der Waals surface area contributed by atoms with Crippen molar-refractivity contribution >= 4 is 9.84 Å². The zero-order valence-corrected chi connectivity index (χ0v) is 16.6. The molecule has 4 heteroatoms. The van der Waals surface area contributed by atoms with Crippen LogP contribution in [0.2, 0.25) is 0 Å². The standard InChI is InChI=1S/C22H27FO2S/c1-22(2,3)26(24,25)15-18-8-5-16(6-9-18)4-7-17-10-11-19-13-21(23)14-20(19)12-17/h5-6,8-12,21H,4,7,13-15H2,1-3H3. The van der Waals surface area contributed by atoms with E-state index in [2.05, 4.69) is 18.2 Å². The van der Waals surface area contributed by atoms with E-state index in [1.807, 2.05) is 24.3 Å². The average Bonchev–Trinajstić information content (AvgIpc) is 2.92. The molecule has 1 aliphatic carbocycles. The van der Waals surface area contributed by atoms with Crippen LogP contribution in [0.1, 0.15) is 48.6 Å². The van der Waals surface area contributed by atoms with Crippen molar-refractivity contribution in [2.24, 2.45) is 0 Å². The Morgan fingerprint density at radius 3 is 2.08 bits per heavy atom. The molecule has 2 aromatic rings. The molecule has 0 bridgehead atoms. The monoisotopic (exact) mass is 374 g/mol. The Labute approximate surface area is 156 Å². The van der Waals surface area contributed by atoms with Crippen molar-refractivity contribution in [2.75, 3.05) is 0 Å². The molecule has 0 spiro atoms. The van der Waals surface area contributed by atoms with Crippen LogP contribution in [0, 0.1) is 0 Å². The Bertz CT molecular complexity index is 877. The first-order valence-corrected chi connectivity index (χ1v) is 10.8. The molecule has 1 aliphatic rings. The first-order valence-electron chi connectivity index (χ1n) is 9.19. The second-order valence-electron chi connectivity index (χ2n) is 8.30. The first-order chi connectivity index (χ1) is 12.1. The van der Waals surface area contributed by atoms with Crippen LogP contribution < -0.4 is 0 Å². The van der Waals surface area contributed by atoms with E-state index in [1.165, 1.54) is 11.1 Å². The Kier molecular flexibility index (Phi) is 5.25. The Balaban J connectivity index is 1.61. The van der Waals surface area contributed by atoms with Gasteiger partial charge in [-0.1, -0.05) is 42.5 Å². The summed E-state index contributed by atoms with van der Waals surface area (Å²) in [5, 5.41) is 0. The van der Waals surface area contributed by atoms with Gasteiger partial charge in [-0.2, -0.15) is 0 Å². The van der Waals surface area contributed by atoms with Gasteiger partial charge in [-0.15, -0.1) is 0 Å². The summed E-state index contributed by atoms with van der Waals surface area (Å²) in [5.74, 6) is 0.0754. The molecule has 1 unspecified atom stereocenters. The summed E-state index contributed by atoms with van der Waals surface area (Å²) in [6, 6.07) is 14.1. The third-order valence-electron chi connectivity index (χ3n) is 5.17. The second kappa shape index (κ2) is 7.15. The van der Waals surface area contributed by atoms with E-state index in [1.54, 1.807) is 20.8 Å². The summed E-state index contributed by atoms with van der Waals surface area (Å²) in [6.45, 7) is 5.20. The lowest BCUT2D eigenvalue weighted by Crippen LogP contribution is -2.29. The van der Waals surface area contributed by atoms with Crippen LogP contribution in [0.3, 0.4) is 0 Å². The van der Waals surface area contributed by atoms with Gasteiger partial charge in [0.15, 0.2) is 9.84 Å². The van der Waals surface area contributed by atoms with E-state index in [4.69, 9.17) is 0 Å². The van der Waals surface area contributed by atoms with Gasteiger partial charge in [-0.3, -0.25) is 0 Å². The lowest BCUT2D eigenvalue weighted by molar-refractivity contribution is 0.349. The van der Waals surface area contributed by atoms with Crippen LogP contribution in [0.5, 0.6) is 0 Å². The van der Waals surface area contributed by atoms with Crippen molar-refractivity contribution in [3.8, 4) is 0 Å². The van der Waals surface area contributed by atoms with Crippen LogP contribution in [-0.2, 0) is 41.3 Å². The van der Waals surface area contributed by atoms with Gasteiger partial charge in [0.2, 0.25) is 0 Å². The molecule has 0 N–H and O–H groups in total. The Morgan fingerprint density at radius 1 is 0.885 bits per heavy atom. The van der Waals surface area contributed by atoms with Gasteiger partial charge in [-0.05, 0) is 61.4 Å². The molecule has 0 aromatic heterocycles. The number of fused-ring (bicyclic) bond motifs is 1. The molecule has 140 valence electrons. The third kappa shape index (κ3) is 4.35. The number of halogens is 1. The fraction of sp³-hybridized carbons (Fsp3) is 0.455. The number of hydrogen-bond donors (Lipinski definition) is 0. The fourth-order valence-corrected chi connectivity index (χ4v) is 4.36. The SMILES string of the molecule is CC(C)(C)S(=O)(=O)Cc1ccc(CCc2ccc3c(c2)CC(F)C3)cc1. The topological polar surface area (TPSA) is 34.1 Å². The molecule has 0 fully saturated rings. The first kappa shape index (κ1) is 19.1. The number of rotatable bonds is 5. The largest absolute Gasteiger partial charge is 0.247 e. The molecule has 1 atom stereocenters. The zero-order chi connectivity index (χ0) is 18.9. The van der Waals surface area contributed by atoms with Gasteiger partial charge in [0.1, 0.15) is 6.17 Å². The number of benzene rings is 2. The fourth-order valence-electron chi connectivity index (χ4n) is 3.30. The Hall–Kier alpha value is -1.68. The molecule has 0 aliphatic heterocycles. The number of alkyl halides is 1. The van der Waals surface area contributed by atoms with E-state index < -0.39 is 20.8 Å². The van der Waals surface area contributed by atoms with Gasteiger partial charge in [0, 0.05) is 12.8 Å². The number of sulfone groups is 1. The van der Waals surface area contributed by atoms with Crippen molar-refractivity contribution in [3.05, 3.63) is 70.3 Å². The summed E-state index contributed by atoms with van der Waals surface area (Å²) in [4.78, 5) is 0. The lowest BCUT2D eigenvalue weighted by Gasteiger charge is -2.19. The highest BCUT2D eigenvalue weighted by molar-refractivity contribution is 7.91. The van der Waals surface area contributed by atoms with Gasteiger partial charge in [0.25, 0.3) is 0 Å². The van der Waals surface area contributed by atoms with E-state index in [9.17, 15) is 12.8 Å². The van der Waals surface area contributed by atoms with Gasteiger partial charge >= 0.3 is 0 Å². The predicted molar refractivity (Wildman–Crippen MR) is 105 cm³/mol. The quantitative estimate of drug-likeness (QED) is 0.765. The number of hydrogen-bond acceptors (Lipinski definition) is 2. The molecule has 0 heterocycles. The summed E-state index contributed by atoms with van der Waals surface area (Å²) in [5.41, 5.74) is 5.54. The molecule has 0 radical (unpaired) electrons. The van der Waals surface area contributed by atoms with E-state index >= 15 is 0 Å². The van der Waals surface area contributed by atoms with Crippen LogP contribution >= 0.6 is 0 Å². The minimum atomic E-state index is -3.16. The maximum absolute atomic E-state index is 13.5. The van der Waals surface area contributed by atoms with Crippen molar-refractivity contribution in [1.82, 2.24) is 0 Å². The van der Waals surface area contributed by atoms with Crippen LogP contribution in [0.15, 0.2) is 42.5 Å². The zero-order valence-electron chi connectivity index (χ0n) is 15.8. The van der Waals surface area contributed by atoms with E-state index in [-0.39, 0.29) is 5.75 Å². The lowest BCUT2D eigenvalue weighted by atomic mass is 10.00. The van der Waals surface area contributed by atoms with Crippen molar-refractivity contribution in [3.63, 3.8) is 0 Å². The van der Waals surface area contributed by atoms with Crippen molar-refractivity contribution < 1.29 is 12.8 Å². The average molecular weight is 375 g/mol. The smallest absolute Gasteiger partial charge is 0.159 e. The minimum absolute atomic E-state index is 0.0754. The number of aryl methyl sites for hydroxylation is 2. The Morgan fingerprint density at radius 2 is 1.42 bits per heavy atom. The van der Waals surface area contributed by atoms with Crippen molar-refractivity contribution in [2.45, 2.75) is 63.1 Å². The highest BCUT2D eigenvalue weighted by Crippen LogP contribution is 2.26. The maximum atomic E-state index is 13.5. The van der Waals surface area contributed by atoms with Gasteiger partial charge in [0.05, 0.1) is 10.5 Å².